The summed E-state index contributed by atoms with van der Waals surface area (Å²) in [7, 11) is 3.21. The van der Waals surface area contributed by atoms with Gasteiger partial charge in [0.15, 0.2) is 17.3 Å². The number of rotatable bonds is 4. The van der Waals surface area contributed by atoms with Gasteiger partial charge in [0.1, 0.15) is 12.1 Å². The molecular formula is C21H19N3O5. The third-order valence-corrected chi connectivity index (χ3v) is 5.20. The number of nitrogens with one attached hydrogen (secondary N) is 1. The van der Waals surface area contributed by atoms with Crippen molar-refractivity contribution in [1.82, 2.24) is 9.55 Å². The van der Waals surface area contributed by atoms with E-state index in [-0.39, 0.29) is 25.0 Å². The van der Waals surface area contributed by atoms with Gasteiger partial charge in [0, 0.05) is 18.4 Å². The van der Waals surface area contributed by atoms with E-state index in [1.165, 1.54) is 0 Å². The van der Waals surface area contributed by atoms with E-state index in [0.29, 0.717) is 23.1 Å². The van der Waals surface area contributed by atoms with Gasteiger partial charge < -0.3 is 28.8 Å². The van der Waals surface area contributed by atoms with Gasteiger partial charge in [-0.05, 0) is 29.8 Å². The third-order valence-electron chi connectivity index (χ3n) is 5.20. The number of nitrogens with zero attached hydrogens (tertiary/aromatic N) is 2. The maximum atomic E-state index is 12.4. The van der Waals surface area contributed by atoms with Crippen LogP contribution in [0.5, 0.6) is 23.0 Å². The number of benzene rings is 2. The van der Waals surface area contributed by atoms with Crippen molar-refractivity contribution < 1.29 is 23.7 Å². The molecule has 5 rings (SSSR count). The molecule has 0 aliphatic carbocycles. The number of carbonyl (C=O) groups excluding carboxylic acids is 1. The minimum atomic E-state index is -0.226. The van der Waals surface area contributed by atoms with Crippen molar-refractivity contribution in [3.05, 3.63) is 54.0 Å². The van der Waals surface area contributed by atoms with E-state index in [9.17, 15) is 4.79 Å². The van der Waals surface area contributed by atoms with Crippen molar-refractivity contribution in [2.24, 2.45) is 0 Å². The average molecular weight is 393 g/mol. The van der Waals surface area contributed by atoms with Crippen LogP contribution in [0.2, 0.25) is 0 Å². The van der Waals surface area contributed by atoms with E-state index in [4.69, 9.17) is 18.9 Å². The Kier molecular flexibility index (Phi) is 4.04. The van der Waals surface area contributed by atoms with E-state index in [1.54, 1.807) is 20.5 Å². The summed E-state index contributed by atoms with van der Waals surface area (Å²) < 4.78 is 23.9. The molecule has 0 unspecified atom stereocenters. The van der Waals surface area contributed by atoms with Crippen LogP contribution in [0.15, 0.2) is 42.7 Å². The number of hydrogen-bond donors (Lipinski definition) is 1. The number of ether oxygens (including phenoxy) is 4. The Bertz CT molecular complexity index is 1110. The Morgan fingerprint density at radius 1 is 1.17 bits per heavy atom. The second-order valence-electron chi connectivity index (χ2n) is 6.81. The molecule has 2 aliphatic heterocycles. The monoisotopic (exact) mass is 393 g/mol. The molecule has 2 aromatic carbocycles. The fourth-order valence-electron chi connectivity index (χ4n) is 3.85. The second-order valence-corrected chi connectivity index (χ2v) is 6.81. The van der Waals surface area contributed by atoms with Gasteiger partial charge in [0.05, 0.1) is 25.6 Å². The molecule has 1 N–H and O–H groups in total. The maximum absolute atomic E-state index is 12.4. The molecule has 148 valence electrons. The van der Waals surface area contributed by atoms with Gasteiger partial charge in [-0.15, -0.1) is 0 Å². The first kappa shape index (κ1) is 17.4. The van der Waals surface area contributed by atoms with Gasteiger partial charge >= 0.3 is 0 Å². The SMILES string of the molecule is COc1cccc(-n2cnc3c2[C@H](c2cc(OC)c4c(c2)OCO4)CC(=O)N3)c1. The van der Waals surface area contributed by atoms with Crippen LogP contribution in [0.25, 0.3) is 5.69 Å². The summed E-state index contributed by atoms with van der Waals surface area (Å²) in [5, 5.41) is 2.87. The lowest BCUT2D eigenvalue weighted by molar-refractivity contribution is -0.116. The first-order chi connectivity index (χ1) is 14.2. The predicted molar refractivity (Wildman–Crippen MR) is 104 cm³/mol. The molecule has 8 heteroatoms. The molecule has 0 fully saturated rings. The Labute approximate surface area is 167 Å². The van der Waals surface area contributed by atoms with Crippen LogP contribution >= 0.6 is 0 Å². The van der Waals surface area contributed by atoms with Gasteiger partial charge in [0.25, 0.3) is 0 Å². The Morgan fingerprint density at radius 2 is 2.07 bits per heavy atom. The van der Waals surface area contributed by atoms with Crippen LogP contribution in [-0.2, 0) is 4.79 Å². The number of anilines is 1. The van der Waals surface area contributed by atoms with Crippen LogP contribution < -0.4 is 24.3 Å². The van der Waals surface area contributed by atoms with Crippen LogP contribution in [0.4, 0.5) is 5.82 Å². The van der Waals surface area contributed by atoms with Crippen LogP contribution in [0.3, 0.4) is 0 Å². The molecule has 0 radical (unpaired) electrons. The highest BCUT2D eigenvalue weighted by Gasteiger charge is 2.33. The normalized spacial score (nSPS) is 16.9. The lowest BCUT2D eigenvalue weighted by Crippen LogP contribution is -2.25. The summed E-state index contributed by atoms with van der Waals surface area (Å²) in [6.07, 6.45) is 1.99. The molecule has 1 atom stereocenters. The molecule has 29 heavy (non-hydrogen) atoms. The fraction of sp³-hybridized carbons (Fsp3) is 0.238. The molecule has 3 aromatic rings. The van der Waals surface area contributed by atoms with Gasteiger partial charge in [0.2, 0.25) is 18.4 Å². The summed E-state index contributed by atoms with van der Waals surface area (Å²) in [5.74, 6) is 2.75. The molecule has 0 spiro atoms. The van der Waals surface area contributed by atoms with Crippen LogP contribution in [0.1, 0.15) is 23.6 Å². The molecule has 0 saturated heterocycles. The number of aromatic nitrogens is 2. The molecule has 3 heterocycles. The largest absolute Gasteiger partial charge is 0.497 e. The number of carbonyl (C=O) groups is 1. The van der Waals surface area contributed by atoms with Crippen molar-refractivity contribution in [3.63, 3.8) is 0 Å². The number of amides is 1. The Hall–Kier alpha value is -3.68. The van der Waals surface area contributed by atoms with Crippen molar-refractivity contribution in [2.75, 3.05) is 26.3 Å². The van der Waals surface area contributed by atoms with Gasteiger partial charge in [-0.25, -0.2) is 4.98 Å². The van der Waals surface area contributed by atoms with E-state index in [0.717, 1.165) is 22.7 Å². The van der Waals surface area contributed by atoms with E-state index >= 15 is 0 Å². The molecule has 2 aliphatic rings. The molecule has 1 amide bonds. The van der Waals surface area contributed by atoms with Gasteiger partial charge in [-0.2, -0.15) is 0 Å². The zero-order valence-corrected chi connectivity index (χ0v) is 16.0. The zero-order chi connectivity index (χ0) is 20.0. The Morgan fingerprint density at radius 3 is 2.90 bits per heavy atom. The smallest absolute Gasteiger partial charge is 0.231 e. The highest BCUT2D eigenvalue weighted by atomic mass is 16.7. The topological polar surface area (TPSA) is 83.8 Å². The number of hydrogen-bond acceptors (Lipinski definition) is 6. The minimum absolute atomic E-state index is 0.0879. The second kappa shape index (κ2) is 6.73. The Balaban J connectivity index is 1.66. The first-order valence-corrected chi connectivity index (χ1v) is 9.17. The highest BCUT2D eigenvalue weighted by molar-refractivity contribution is 5.94. The summed E-state index contributed by atoms with van der Waals surface area (Å²) in [6.45, 7) is 0.146. The van der Waals surface area contributed by atoms with Crippen molar-refractivity contribution in [1.29, 1.82) is 0 Å². The molecule has 8 nitrogen and oxygen atoms in total. The van der Waals surface area contributed by atoms with E-state index in [1.807, 2.05) is 41.0 Å². The molecule has 1 aromatic heterocycles. The van der Waals surface area contributed by atoms with Crippen molar-refractivity contribution >= 4 is 11.7 Å². The quantitative estimate of drug-likeness (QED) is 0.733. The molecule has 0 saturated carbocycles. The zero-order valence-electron chi connectivity index (χ0n) is 16.0. The minimum Gasteiger partial charge on any atom is -0.497 e. The lowest BCUT2D eigenvalue weighted by atomic mass is 9.89. The number of methoxy groups -OCH3 is 2. The third kappa shape index (κ3) is 2.84. The molecule has 0 bridgehead atoms. The van der Waals surface area contributed by atoms with Crippen molar-refractivity contribution in [2.45, 2.75) is 12.3 Å². The standard InChI is InChI=1S/C21H19N3O5/c1-26-14-5-3-4-13(8-14)24-10-22-21-19(24)15(9-18(25)23-21)12-6-16(27-2)20-17(7-12)28-11-29-20/h3-8,10,15H,9,11H2,1-2H3,(H,23,25)/t15-/m0/s1. The predicted octanol–water partition coefficient (Wildman–Crippen LogP) is 3.09. The number of fused-ring (bicyclic) bond motifs is 2. The summed E-state index contributed by atoms with van der Waals surface area (Å²) in [4.78, 5) is 16.8. The van der Waals surface area contributed by atoms with Gasteiger partial charge in [-0.1, -0.05) is 6.07 Å². The summed E-state index contributed by atoms with van der Waals surface area (Å²) >= 11 is 0. The fourth-order valence-corrected chi connectivity index (χ4v) is 3.85. The van der Waals surface area contributed by atoms with E-state index < -0.39 is 0 Å². The number of imidazole rings is 1. The first-order valence-electron chi connectivity index (χ1n) is 9.17. The highest BCUT2D eigenvalue weighted by Crippen LogP contribution is 2.46. The lowest BCUT2D eigenvalue weighted by Gasteiger charge is -2.25. The maximum Gasteiger partial charge on any atom is 0.231 e. The molecular weight excluding hydrogens is 374 g/mol. The summed E-state index contributed by atoms with van der Waals surface area (Å²) in [6, 6.07) is 11.5. The average Bonchev–Trinajstić information content (AvgIpc) is 3.39. The summed E-state index contributed by atoms with van der Waals surface area (Å²) in [5.41, 5.74) is 2.68. The van der Waals surface area contributed by atoms with Crippen LogP contribution in [-0.4, -0.2) is 36.5 Å². The van der Waals surface area contributed by atoms with E-state index in [2.05, 4.69) is 10.3 Å². The van der Waals surface area contributed by atoms with Crippen LogP contribution in [0, 0.1) is 0 Å². The van der Waals surface area contributed by atoms with Gasteiger partial charge in [-0.3, -0.25) is 4.79 Å². The van der Waals surface area contributed by atoms with Crippen molar-refractivity contribution in [3.8, 4) is 28.7 Å².